The molecule has 0 N–H and O–H groups in total. The van der Waals surface area contributed by atoms with E-state index in [4.69, 9.17) is 52.1 Å². The van der Waals surface area contributed by atoms with Crippen molar-refractivity contribution in [3.63, 3.8) is 0 Å². The molecule has 14 nitrogen and oxygen atoms in total. The van der Waals surface area contributed by atoms with Crippen LogP contribution in [-0.2, 0) is 66.4 Å². The third kappa shape index (κ3) is 48.6. The second kappa shape index (κ2) is 48.7. The van der Waals surface area contributed by atoms with Gasteiger partial charge in [0, 0.05) is 6.42 Å². The van der Waals surface area contributed by atoms with Gasteiger partial charge in [-0.2, -0.15) is 0 Å². The van der Waals surface area contributed by atoms with E-state index in [9.17, 15) is 9.59 Å². The summed E-state index contributed by atoms with van der Waals surface area (Å²) in [5.41, 5.74) is 0. The first-order valence-electron chi connectivity index (χ1n) is 21.2. The van der Waals surface area contributed by atoms with Crippen LogP contribution in [0.4, 0.5) is 0 Å². The molecule has 0 aliphatic heterocycles. The first kappa shape index (κ1) is 53.5. The average molecular weight is 797 g/mol. The molecule has 0 heterocycles. The fourth-order valence-electron chi connectivity index (χ4n) is 5.12. The van der Waals surface area contributed by atoms with Crippen molar-refractivity contribution in [1.82, 2.24) is 0 Å². The number of carbonyl (C=O) groups excluding carboxylic acids is 2. The Labute approximate surface area is 333 Å². The van der Waals surface area contributed by atoms with Crippen LogP contribution >= 0.6 is 0 Å². The zero-order valence-corrected chi connectivity index (χ0v) is 34.9. The molecule has 0 aromatic rings. The second-order valence-corrected chi connectivity index (χ2v) is 13.1. The van der Waals surface area contributed by atoms with Crippen LogP contribution < -0.4 is 0 Å². The molecule has 0 unspecified atom stereocenters. The molecule has 0 saturated carbocycles. The molecule has 0 aromatic carbocycles. The molecule has 0 aliphatic carbocycles. The highest BCUT2D eigenvalue weighted by Crippen LogP contribution is 2.14. The molecule has 0 spiro atoms. The van der Waals surface area contributed by atoms with Gasteiger partial charge >= 0.3 is 11.9 Å². The Hall–Kier alpha value is -1.46. The van der Waals surface area contributed by atoms with E-state index in [-0.39, 0.29) is 19.2 Å². The van der Waals surface area contributed by atoms with Gasteiger partial charge < -0.3 is 56.8 Å². The Morgan fingerprint density at radius 1 is 0.309 bits per heavy atom. The van der Waals surface area contributed by atoms with Gasteiger partial charge in [-0.25, -0.2) is 4.79 Å². The van der Waals surface area contributed by atoms with Gasteiger partial charge in [0.25, 0.3) is 0 Å². The number of ether oxygens (including phenoxy) is 12. The molecule has 0 rings (SSSR count). The van der Waals surface area contributed by atoms with E-state index in [1.54, 1.807) is 0 Å². The minimum absolute atomic E-state index is 0.0723. The van der Waals surface area contributed by atoms with Crippen molar-refractivity contribution in [3.05, 3.63) is 0 Å². The van der Waals surface area contributed by atoms with E-state index < -0.39 is 5.97 Å². The van der Waals surface area contributed by atoms with Crippen molar-refractivity contribution in [2.75, 3.05) is 146 Å². The van der Waals surface area contributed by atoms with Crippen LogP contribution in [0.15, 0.2) is 0 Å². The van der Waals surface area contributed by atoms with Crippen LogP contribution in [0.5, 0.6) is 0 Å². The van der Waals surface area contributed by atoms with E-state index in [1.165, 1.54) is 90.6 Å². The van der Waals surface area contributed by atoms with E-state index in [0.717, 1.165) is 12.8 Å². The lowest BCUT2D eigenvalue weighted by atomic mass is 10.0. The standard InChI is InChI=1S/C41H80O14/c1-3-4-5-6-7-8-9-10-11-12-13-14-15-16-17-18-40(42)55-38-37-53-34-33-51-30-29-49-26-25-47-22-21-45-19-20-46-23-24-48-27-28-50-31-32-52-35-36-54-39-41(43)44-2/h3-39H2,1-2H3. The molecule has 0 aromatic heterocycles. The second-order valence-electron chi connectivity index (χ2n) is 13.1. The summed E-state index contributed by atoms with van der Waals surface area (Å²) in [6, 6.07) is 0. The number of hydrogen-bond acceptors (Lipinski definition) is 14. The predicted molar refractivity (Wildman–Crippen MR) is 211 cm³/mol. The van der Waals surface area contributed by atoms with Crippen LogP contribution in [-0.4, -0.2) is 158 Å². The van der Waals surface area contributed by atoms with Crippen molar-refractivity contribution in [1.29, 1.82) is 0 Å². The summed E-state index contributed by atoms with van der Waals surface area (Å²) < 4.78 is 63.9. The third-order valence-electron chi connectivity index (χ3n) is 8.27. The van der Waals surface area contributed by atoms with Gasteiger partial charge in [-0.1, -0.05) is 96.8 Å². The minimum Gasteiger partial charge on any atom is -0.467 e. The first-order chi connectivity index (χ1) is 27.2. The van der Waals surface area contributed by atoms with Crippen LogP contribution in [0, 0.1) is 0 Å². The molecule has 0 fully saturated rings. The summed E-state index contributed by atoms with van der Waals surface area (Å²) in [7, 11) is 1.32. The van der Waals surface area contributed by atoms with Gasteiger partial charge in [-0.15, -0.1) is 0 Å². The third-order valence-corrected chi connectivity index (χ3v) is 8.27. The fraction of sp³-hybridized carbons (Fsp3) is 0.951. The number of unbranched alkanes of at least 4 members (excludes halogenated alkanes) is 14. The number of carbonyl (C=O) groups is 2. The highest BCUT2D eigenvalue weighted by molar-refractivity contribution is 5.70. The van der Waals surface area contributed by atoms with Crippen LogP contribution in [0.2, 0.25) is 0 Å². The molecular weight excluding hydrogens is 716 g/mol. The summed E-state index contributed by atoms with van der Waals surface area (Å²) in [6.07, 6.45) is 20.2. The van der Waals surface area contributed by atoms with Gasteiger partial charge in [-0.05, 0) is 6.42 Å². The van der Waals surface area contributed by atoms with Crippen LogP contribution in [0.3, 0.4) is 0 Å². The zero-order valence-electron chi connectivity index (χ0n) is 34.9. The minimum atomic E-state index is -0.409. The highest BCUT2D eigenvalue weighted by Gasteiger charge is 2.03. The number of methoxy groups -OCH3 is 1. The maximum Gasteiger partial charge on any atom is 0.331 e. The fourth-order valence-corrected chi connectivity index (χ4v) is 5.12. The van der Waals surface area contributed by atoms with Crippen LogP contribution in [0.1, 0.15) is 110 Å². The molecule has 0 saturated heterocycles. The summed E-state index contributed by atoms with van der Waals surface area (Å²) in [5, 5.41) is 0. The molecule has 55 heavy (non-hydrogen) atoms. The smallest absolute Gasteiger partial charge is 0.331 e. The Balaban J connectivity index is 3.14. The quantitative estimate of drug-likeness (QED) is 0.0514. The average Bonchev–Trinajstić information content (AvgIpc) is 3.19. The van der Waals surface area contributed by atoms with Crippen molar-refractivity contribution in [3.8, 4) is 0 Å². The molecule has 14 heteroatoms. The zero-order chi connectivity index (χ0) is 39.8. The van der Waals surface area contributed by atoms with Gasteiger partial charge in [0.1, 0.15) is 13.2 Å². The van der Waals surface area contributed by atoms with Gasteiger partial charge in [-0.3, -0.25) is 4.79 Å². The predicted octanol–water partition coefficient (Wildman–Crippen LogP) is 6.13. The van der Waals surface area contributed by atoms with E-state index in [0.29, 0.717) is 132 Å². The molecule has 328 valence electrons. The Kier molecular flexibility index (Phi) is 47.4. The SMILES string of the molecule is CCCCCCCCCCCCCCCCCC(=O)OCCOCCOCCOCCOCCOCCOCCOCCOCCOCCOCC(=O)OC. The molecule has 0 aliphatic rings. The van der Waals surface area contributed by atoms with Crippen molar-refractivity contribution < 1.29 is 66.4 Å². The maximum absolute atomic E-state index is 11.9. The highest BCUT2D eigenvalue weighted by atomic mass is 16.6. The normalized spacial score (nSPS) is 11.4. The lowest BCUT2D eigenvalue weighted by Gasteiger charge is -2.09. The van der Waals surface area contributed by atoms with Crippen molar-refractivity contribution >= 4 is 11.9 Å². The van der Waals surface area contributed by atoms with Gasteiger partial charge in [0.15, 0.2) is 0 Å². The van der Waals surface area contributed by atoms with Crippen molar-refractivity contribution in [2.24, 2.45) is 0 Å². The monoisotopic (exact) mass is 797 g/mol. The number of rotatable bonds is 48. The van der Waals surface area contributed by atoms with Crippen LogP contribution in [0.25, 0.3) is 0 Å². The summed E-state index contributed by atoms with van der Waals surface area (Å²) in [5.74, 6) is -0.543. The molecular formula is C41H80O14. The number of esters is 2. The largest absolute Gasteiger partial charge is 0.467 e. The Morgan fingerprint density at radius 2 is 0.564 bits per heavy atom. The maximum atomic E-state index is 11.9. The molecule has 0 radical (unpaired) electrons. The Morgan fingerprint density at radius 3 is 0.855 bits per heavy atom. The lowest BCUT2D eigenvalue weighted by molar-refractivity contribution is -0.146. The Bertz CT molecular complexity index is 761. The topological polar surface area (TPSA) is 145 Å². The van der Waals surface area contributed by atoms with Crippen molar-refractivity contribution in [2.45, 2.75) is 110 Å². The van der Waals surface area contributed by atoms with E-state index >= 15 is 0 Å². The molecule has 0 amide bonds. The molecule has 0 bridgehead atoms. The summed E-state index contributed by atoms with van der Waals surface area (Å²) in [6.45, 7) is 11.2. The molecule has 0 atom stereocenters. The summed E-state index contributed by atoms with van der Waals surface area (Å²) in [4.78, 5) is 22.8. The van der Waals surface area contributed by atoms with E-state index in [1.807, 2.05) is 0 Å². The summed E-state index contributed by atoms with van der Waals surface area (Å²) >= 11 is 0. The lowest BCUT2D eigenvalue weighted by Crippen LogP contribution is -2.16. The first-order valence-corrected chi connectivity index (χ1v) is 21.2. The van der Waals surface area contributed by atoms with Gasteiger partial charge in [0.05, 0.1) is 133 Å². The van der Waals surface area contributed by atoms with Gasteiger partial charge in [0.2, 0.25) is 0 Å². The van der Waals surface area contributed by atoms with E-state index in [2.05, 4.69) is 11.7 Å². The number of hydrogen-bond donors (Lipinski definition) is 0.